The number of hydrogen-bond donors (Lipinski definition) is 0. The molecule has 1 aromatic carbocycles. The van der Waals surface area contributed by atoms with Crippen LogP contribution in [0, 0.1) is 6.92 Å². The summed E-state index contributed by atoms with van der Waals surface area (Å²) in [6.45, 7) is 1.66. The number of benzene rings is 1. The molecule has 0 aliphatic heterocycles. The van der Waals surface area contributed by atoms with E-state index < -0.39 is 11.7 Å². The fourth-order valence-corrected chi connectivity index (χ4v) is 1.62. The zero-order chi connectivity index (χ0) is 13.3. The summed E-state index contributed by atoms with van der Waals surface area (Å²) in [7, 11) is 0. The third kappa shape index (κ3) is 2.30. The molecule has 0 N–H and O–H groups in total. The molecule has 0 fully saturated rings. The van der Waals surface area contributed by atoms with Gasteiger partial charge >= 0.3 is 6.18 Å². The Bertz CT molecular complexity index is 611. The van der Waals surface area contributed by atoms with E-state index in [1.54, 1.807) is 19.1 Å². The molecule has 0 spiro atoms. The first-order chi connectivity index (χ1) is 8.39. The first-order valence-corrected chi connectivity index (χ1v) is 5.25. The molecule has 5 heteroatoms. The summed E-state index contributed by atoms with van der Waals surface area (Å²) >= 11 is 0. The average Bonchev–Trinajstić information content (AvgIpc) is 2.32. The van der Waals surface area contributed by atoms with Crippen molar-refractivity contribution in [2.24, 2.45) is 0 Å². The van der Waals surface area contributed by atoms with Crippen molar-refractivity contribution in [3.05, 3.63) is 64.1 Å². The second-order valence-electron chi connectivity index (χ2n) is 3.91. The van der Waals surface area contributed by atoms with E-state index in [0.717, 1.165) is 12.1 Å². The SMILES string of the molecule is Cc1cccn(-c2ccc(C(F)(F)F)cc2)c1=O. The molecule has 0 radical (unpaired) electrons. The Morgan fingerprint density at radius 2 is 1.67 bits per heavy atom. The Hall–Kier alpha value is -2.04. The number of halogens is 3. The molecule has 0 saturated heterocycles. The van der Waals surface area contributed by atoms with E-state index in [2.05, 4.69) is 0 Å². The van der Waals surface area contributed by atoms with Crippen LogP contribution in [0.25, 0.3) is 5.69 Å². The zero-order valence-corrected chi connectivity index (χ0v) is 9.53. The molecule has 2 rings (SSSR count). The minimum atomic E-state index is -4.36. The molecular formula is C13H10F3NO. The van der Waals surface area contributed by atoms with Gasteiger partial charge in [-0.1, -0.05) is 6.07 Å². The van der Waals surface area contributed by atoms with E-state index in [0.29, 0.717) is 11.3 Å². The lowest BCUT2D eigenvalue weighted by atomic mass is 10.2. The lowest BCUT2D eigenvalue weighted by Gasteiger charge is -2.09. The summed E-state index contributed by atoms with van der Waals surface area (Å²) in [5.74, 6) is 0. The molecule has 0 aliphatic rings. The largest absolute Gasteiger partial charge is 0.416 e. The molecule has 2 aromatic rings. The van der Waals surface area contributed by atoms with Gasteiger partial charge in [0.15, 0.2) is 0 Å². The van der Waals surface area contributed by atoms with Gasteiger partial charge in [-0.05, 0) is 37.3 Å². The van der Waals surface area contributed by atoms with Crippen LogP contribution in [0.3, 0.4) is 0 Å². The number of aromatic nitrogens is 1. The predicted octanol–water partition coefficient (Wildman–Crippen LogP) is 3.16. The van der Waals surface area contributed by atoms with Gasteiger partial charge in [0.25, 0.3) is 5.56 Å². The van der Waals surface area contributed by atoms with E-state index in [1.165, 1.54) is 22.9 Å². The van der Waals surface area contributed by atoms with Gasteiger partial charge in [-0.15, -0.1) is 0 Å². The molecule has 0 saturated carbocycles. The second-order valence-corrected chi connectivity index (χ2v) is 3.91. The van der Waals surface area contributed by atoms with Crippen molar-refractivity contribution in [1.29, 1.82) is 0 Å². The van der Waals surface area contributed by atoms with Crippen LogP contribution in [0.15, 0.2) is 47.4 Å². The van der Waals surface area contributed by atoms with Crippen LogP contribution in [0.2, 0.25) is 0 Å². The van der Waals surface area contributed by atoms with Gasteiger partial charge in [-0.25, -0.2) is 0 Å². The highest BCUT2D eigenvalue weighted by molar-refractivity contribution is 5.36. The van der Waals surface area contributed by atoms with Crippen LogP contribution in [0.1, 0.15) is 11.1 Å². The number of aryl methyl sites for hydroxylation is 1. The lowest BCUT2D eigenvalue weighted by molar-refractivity contribution is -0.137. The maximum absolute atomic E-state index is 12.4. The lowest BCUT2D eigenvalue weighted by Crippen LogP contribution is -2.19. The number of alkyl halides is 3. The van der Waals surface area contributed by atoms with E-state index >= 15 is 0 Å². The first kappa shape index (κ1) is 12.4. The summed E-state index contributed by atoms with van der Waals surface area (Å²) in [6.07, 6.45) is -2.84. The summed E-state index contributed by atoms with van der Waals surface area (Å²) in [5, 5.41) is 0. The summed E-state index contributed by atoms with van der Waals surface area (Å²) in [4.78, 5) is 11.8. The van der Waals surface area contributed by atoms with E-state index in [-0.39, 0.29) is 5.56 Å². The monoisotopic (exact) mass is 253 g/mol. The summed E-state index contributed by atoms with van der Waals surface area (Å²) < 4.78 is 38.5. The molecule has 0 bridgehead atoms. The second kappa shape index (κ2) is 4.33. The van der Waals surface area contributed by atoms with E-state index in [4.69, 9.17) is 0 Å². The number of hydrogen-bond acceptors (Lipinski definition) is 1. The molecule has 2 nitrogen and oxygen atoms in total. The number of rotatable bonds is 1. The molecule has 1 aromatic heterocycles. The van der Waals surface area contributed by atoms with Crippen LogP contribution < -0.4 is 5.56 Å². The van der Waals surface area contributed by atoms with Crippen LogP contribution in [-0.4, -0.2) is 4.57 Å². The number of pyridine rings is 1. The standard InChI is InChI=1S/C13H10F3NO/c1-9-3-2-8-17(12(9)18)11-6-4-10(5-7-11)13(14,15)16/h2-8H,1H3. The third-order valence-corrected chi connectivity index (χ3v) is 2.61. The van der Waals surface area contributed by atoms with Crippen LogP contribution in [-0.2, 0) is 6.18 Å². The van der Waals surface area contributed by atoms with E-state index in [1.807, 2.05) is 0 Å². The minimum absolute atomic E-state index is 0.239. The molecule has 0 amide bonds. The van der Waals surface area contributed by atoms with Crippen molar-refractivity contribution < 1.29 is 13.2 Å². The van der Waals surface area contributed by atoms with Crippen molar-refractivity contribution in [3.63, 3.8) is 0 Å². The average molecular weight is 253 g/mol. The van der Waals surface area contributed by atoms with Crippen LogP contribution >= 0.6 is 0 Å². The van der Waals surface area contributed by atoms with Gasteiger partial charge in [0.1, 0.15) is 0 Å². The fraction of sp³-hybridized carbons (Fsp3) is 0.154. The quantitative estimate of drug-likeness (QED) is 0.765. The molecule has 1 heterocycles. The van der Waals surface area contributed by atoms with Gasteiger partial charge in [0.05, 0.1) is 5.56 Å². The first-order valence-electron chi connectivity index (χ1n) is 5.25. The van der Waals surface area contributed by atoms with Crippen molar-refractivity contribution >= 4 is 0 Å². The maximum atomic E-state index is 12.4. The van der Waals surface area contributed by atoms with E-state index in [9.17, 15) is 18.0 Å². The molecule has 0 unspecified atom stereocenters. The summed E-state index contributed by atoms with van der Waals surface area (Å²) in [5.41, 5.74) is -0.0155. The van der Waals surface area contributed by atoms with Gasteiger partial charge in [0, 0.05) is 17.4 Å². The smallest absolute Gasteiger partial charge is 0.284 e. The van der Waals surface area contributed by atoms with Crippen molar-refractivity contribution in [1.82, 2.24) is 4.57 Å². The molecule has 0 aliphatic carbocycles. The molecular weight excluding hydrogens is 243 g/mol. The highest BCUT2D eigenvalue weighted by atomic mass is 19.4. The van der Waals surface area contributed by atoms with Gasteiger partial charge in [-0.3, -0.25) is 9.36 Å². The predicted molar refractivity (Wildman–Crippen MR) is 61.8 cm³/mol. The van der Waals surface area contributed by atoms with Crippen molar-refractivity contribution in [2.45, 2.75) is 13.1 Å². The third-order valence-electron chi connectivity index (χ3n) is 2.61. The Morgan fingerprint density at radius 3 is 2.22 bits per heavy atom. The highest BCUT2D eigenvalue weighted by Crippen LogP contribution is 2.29. The highest BCUT2D eigenvalue weighted by Gasteiger charge is 2.29. The fourth-order valence-electron chi connectivity index (χ4n) is 1.62. The van der Waals surface area contributed by atoms with Crippen LogP contribution in [0.5, 0.6) is 0 Å². The van der Waals surface area contributed by atoms with Crippen molar-refractivity contribution in [3.8, 4) is 5.69 Å². The molecule has 18 heavy (non-hydrogen) atoms. The number of nitrogens with zero attached hydrogens (tertiary/aromatic N) is 1. The Kier molecular flexibility index (Phi) is 2.98. The Morgan fingerprint density at radius 1 is 1.06 bits per heavy atom. The maximum Gasteiger partial charge on any atom is 0.416 e. The normalized spacial score (nSPS) is 11.6. The van der Waals surface area contributed by atoms with Gasteiger partial charge in [-0.2, -0.15) is 13.2 Å². The Labute approximate surface area is 101 Å². The van der Waals surface area contributed by atoms with Gasteiger partial charge in [0.2, 0.25) is 0 Å². The minimum Gasteiger partial charge on any atom is -0.284 e. The summed E-state index contributed by atoms with van der Waals surface area (Å²) in [6, 6.07) is 7.82. The van der Waals surface area contributed by atoms with Gasteiger partial charge < -0.3 is 0 Å². The molecule has 94 valence electrons. The van der Waals surface area contributed by atoms with Crippen molar-refractivity contribution in [2.75, 3.05) is 0 Å². The topological polar surface area (TPSA) is 22.0 Å². The Balaban J connectivity index is 2.47. The zero-order valence-electron chi connectivity index (χ0n) is 9.53. The van der Waals surface area contributed by atoms with Crippen LogP contribution in [0.4, 0.5) is 13.2 Å². The molecule has 0 atom stereocenters.